The molecule has 2 heteroatoms. The minimum absolute atomic E-state index is 0.823. The molecular formula is C15H32N2. The summed E-state index contributed by atoms with van der Waals surface area (Å²) < 4.78 is 0. The molecule has 1 aliphatic heterocycles. The Morgan fingerprint density at radius 2 is 1.88 bits per heavy atom. The maximum absolute atomic E-state index is 2.65. The van der Waals surface area contributed by atoms with Crippen molar-refractivity contribution in [2.24, 2.45) is 5.92 Å². The van der Waals surface area contributed by atoms with Crippen LogP contribution in [-0.2, 0) is 0 Å². The van der Waals surface area contributed by atoms with Gasteiger partial charge in [-0.3, -0.25) is 9.80 Å². The van der Waals surface area contributed by atoms with E-state index in [0.717, 1.165) is 12.0 Å². The first-order valence-corrected chi connectivity index (χ1v) is 7.67. The summed E-state index contributed by atoms with van der Waals surface area (Å²) in [5, 5.41) is 0. The Kier molecular flexibility index (Phi) is 7.14. The molecule has 1 rings (SSSR count). The van der Waals surface area contributed by atoms with E-state index in [9.17, 15) is 0 Å². The summed E-state index contributed by atoms with van der Waals surface area (Å²) in [4.78, 5) is 5.22. The Balaban J connectivity index is 2.25. The molecule has 0 aromatic heterocycles. The minimum Gasteiger partial charge on any atom is -0.289 e. The van der Waals surface area contributed by atoms with Crippen LogP contribution in [0.25, 0.3) is 0 Å². The summed E-state index contributed by atoms with van der Waals surface area (Å²) in [6.07, 6.45) is 6.99. The highest BCUT2D eigenvalue weighted by Gasteiger charge is 2.27. The summed E-state index contributed by atoms with van der Waals surface area (Å²) in [6.45, 7) is 14.2. The van der Waals surface area contributed by atoms with Crippen LogP contribution in [0.5, 0.6) is 0 Å². The van der Waals surface area contributed by atoms with Crippen LogP contribution in [0.15, 0.2) is 0 Å². The fourth-order valence-electron chi connectivity index (χ4n) is 2.88. The Hall–Kier alpha value is -0.0800. The summed E-state index contributed by atoms with van der Waals surface area (Å²) in [6, 6.07) is 0.823. The number of hydrogen-bond acceptors (Lipinski definition) is 2. The number of rotatable bonds is 8. The van der Waals surface area contributed by atoms with Crippen LogP contribution in [0.4, 0.5) is 0 Å². The normalized spacial score (nSPS) is 24.4. The first-order valence-electron chi connectivity index (χ1n) is 7.67. The van der Waals surface area contributed by atoms with E-state index in [4.69, 9.17) is 0 Å². The third-order valence-corrected chi connectivity index (χ3v) is 4.26. The van der Waals surface area contributed by atoms with Crippen molar-refractivity contribution in [1.29, 1.82) is 0 Å². The molecule has 2 nitrogen and oxygen atoms in total. The topological polar surface area (TPSA) is 6.48 Å². The maximum atomic E-state index is 2.65. The summed E-state index contributed by atoms with van der Waals surface area (Å²) >= 11 is 0. The molecule has 1 saturated heterocycles. The van der Waals surface area contributed by atoms with Crippen molar-refractivity contribution in [2.75, 3.05) is 26.3 Å². The van der Waals surface area contributed by atoms with Crippen LogP contribution < -0.4 is 0 Å². The highest BCUT2D eigenvalue weighted by molar-refractivity contribution is 4.81. The molecule has 1 heterocycles. The van der Waals surface area contributed by atoms with E-state index in [-0.39, 0.29) is 0 Å². The number of hydrogen-bond donors (Lipinski definition) is 0. The molecule has 1 aliphatic rings. The highest BCUT2D eigenvalue weighted by Crippen LogP contribution is 2.21. The van der Waals surface area contributed by atoms with Gasteiger partial charge in [-0.15, -0.1) is 0 Å². The average molecular weight is 240 g/mol. The van der Waals surface area contributed by atoms with Crippen molar-refractivity contribution < 1.29 is 0 Å². The maximum Gasteiger partial charge on any atom is 0.0509 e. The summed E-state index contributed by atoms with van der Waals surface area (Å²) in [7, 11) is 0. The van der Waals surface area contributed by atoms with Gasteiger partial charge < -0.3 is 0 Å². The molecule has 0 bridgehead atoms. The largest absolute Gasteiger partial charge is 0.289 e. The second-order valence-corrected chi connectivity index (χ2v) is 5.69. The quantitative estimate of drug-likeness (QED) is 0.640. The van der Waals surface area contributed by atoms with Crippen molar-refractivity contribution in [2.45, 2.75) is 65.8 Å². The van der Waals surface area contributed by atoms with Gasteiger partial charge in [-0.2, -0.15) is 0 Å². The molecule has 0 spiro atoms. The van der Waals surface area contributed by atoms with E-state index in [2.05, 4.69) is 37.5 Å². The van der Waals surface area contributed by atoms with E-state index in [1.165, 1.54) is 58.4 Å². The van der Waals surface area contributed by atoms with Crippen LogP contribution >= 0.6 is 0 Å². The second kappa shape index (κ2) is 8.10. The van der Waals surface area contributed by atoms with Crippen molar-refractivity contribution in [1.82, 2.24) is 9.80 Å². The lowest BCUT2D eigenvalue weighted by Gasteiger charge is -2.22. The molecule has 17 heavy (non-hydrogen) atoms. The molecule has 2 atom stereocenters. The lowest BCUT2D eigenvalue weighted by Crippen LogP contribution is -2.31. The number of nitrogens with zero attached hydrogens (tertiary/aromatic N) is 2. The smallest absolute Gasteiger partial charge is 0.0509 e. The SMILES string of the molecule is CCCCC(C)CCC1CN(CC)CN1CC. The van der Waals surface area contributed by atoms with Gasteiger partial charge in [0.15, 0.2) is 0 Å². The summed E-state index contributed by atoms with van der Waals surface area (Å²) in [5.41, 5.74) is 0. The van der Waals surface area contributed by atoms with Gasteiger partial charge in [-0.05, 0) is 31.8 Å². The lowest BCUT2D eigenvalue weighted by atomic mass is 9.96. The van der Waals surface area contributed by atoms with Gasteiger partial charge in [0.05, 0.1) is 6.67 Å². The fraction of sp³-hybridized carbons (Fsp3) is 1.00. The fourth-order valence-corrected chi connectivity index (χ4v) is 2.88. The average Bonchev–Trinajstić information content (AvgIpc) is 2.76. The first-order chi connectivity index (χ1) is 8.21. The first kappa shape index (κ1) is 15.0. The van der Waals surface area contributed by atoms with Crippen molar-refractivity contribution in [3.63, 3.8) is 0 Å². The number of unbranched alkanes of at least 4 members (excludes halogenated alkanes) is 1. The molecule has 0 aromatic carbocycles. The van der Waals surface area contributed by atoms with Crippen molar-refractivity contribution in [3.8, 4) is 0 Å². The van der Waals surface area contributed by atoms with Gasteiger partial charge in [0.25, 0.3) is 0 Å². The molecule has 0 aromatic rings. The van der Waals surface area contributed by atoms with Crippen LogP contribution in [0.2, 0.25) is 0 Å². The molecule has 0 saturated carbocycles. The Morgan fingerprint density at radius 1 is 1.12 bits per heavy atom. The van der Waals surface area contributed by atoms with Gasteiger partial charge in [0.1, 0.15) is 0 Å². The van der Waals surface area contributed by atoms with E-state index in [0.29, 0.717) is 0 Å². The zero-order chi connectivity index (χ0) is 12.7. The molecule has 0 N–H and O–H groups in total. The third-order valence-electron chi connectivity index (χ3n) is 4.26. The molecule has 0 radical (unpaired) electrons. The Labute approximate surface area is 108 Å². The monoisotopic (exact) mass is 240 g/mol. The van der Waals surface area contributed by atoms with Gasteiger partial charge in [-0.1, -0.05) is 47.0 Å². The van der Waals surface area contributed by atoms with E-state index < -0.39 is 0 Å². The van der Waals surface area contributed by atoms with E-state index in [1.807, 2.05) is 0 Å². The predicted octanol–water partition coefficient (Wildman–Crippen LogP) is 3.58. The predicted molar refractivity (Wildman–Crippen MR) is 76.2 cm³/mol. The van der Waals surface area contributed by atoms with Crippen molar-refractivity contribution >= 4 is 0 Å². The van der Waals surface area contributed by atoms with Gasteiger partial charge in [-0.25, -0.2) is 0 Å². The van der Waals surface area contributed by atoms with Crippen LogP contribution in [0, 0.1) is 5.92 Å². The van der Waals surface area contributed by atoms with Gasteiger partial charge >= 0.3 is 0 Å². The van der Waals surface area contributed by atoms with Crippen LogP contribution in [-0.4, -0.2) is 42.1 Å². The molecule has 2 unspecified atom stereocenters. The van der Waals surface area contributed by atoms with Crippen LogP contribution in [0.3, 0.4) is 0 Å². The molecule has 0 amide bonds. The van der Waals surface area contributed by atoms with Gasteiger partial charge in [0.2, 0.25) is 0 Å². The Morgan fingerprint density at radius 3 is 2.47 bits per heavy atom. The number of likely N-dealkylation sites (N-methyl/N-ethyl adjacent to an activating group) is 2. The van der Waals surface area contributed by atoms with Crippen LogP contribution in [0.1, 0.15) is 59.8 Å². The molecule has 0 aliphatic carbocycles. The third kappa shape index (κ3) is 4.97. The molecular weight excluding hydrogens is 208 g/mol. The van der Waals surface area contributed by atoms with Gasteiger partial charge in [0, 0.05) is 12.6 Å². The highest BCUT2D eigenvalue weighted by atomic mass is 15.4. The Bertz CT molecular complexity index is 193. The van der Waals surface area contributed by atoms with Crippen molar-refractivity contribution in [3.05, 3.63) is 0 Å². The lowest BCUT2D eigenvalue weighted by molar-refractivity contribution is 0.224. The van der Waals surface area contributed by atoms with E-state index >= 15 is 0 Å². The second-order valence-electron chi connectivity index (χ2n) is 5.69. The zero-order valence-electron chi connectivity index (χ0n) is 12.4. The molecule has 1 fully saturated rings. The summed E-state index contributed by atoms with van der Waals surface area (Å²) in [5.74, 6) is 0.921. The van der Waals surface area contributed by atoms with E-state index in [1.54, 1.807) is 0 Å². The molecule has 102 valence electrons. The zero-order valence-corrected chi connectivity index (χ0v) is 12.4. The minimum atomic E-state index is 0.823. The standard InChI is InChI=1S/C15H32N2/c1-5-8-9-14(4)10-11-15-12-16(6-2)13-17(15)7-3/h14-15H,5-13H2,1-4H3.